The van der Waals surface area contributed by atoms with E-state index in [1.807, 2.05) is 50.2 Å². The van der Waals surface area contributed by atoms with Gasteiger partial charge in [0.15, 0.2) is 16.6 Å². The number of aryl methyl sites for hydroxylation is 2. The van der Waals surface area contributed by atoms with Crippen LogP contribution in [0, 0.1) is 13.8 Å². The molecule has 2 aromatic carbocycles. The fourth-order valence-electron chi connectivity index (χ4n) is 2.33. The number of nitrogens with zero attached hydrogens (tertiary/aromatic N) is 1. The Morgan fingerprint density at radius 3 is 2.33 bits per heavy atom. The topological polar surface area (TPSA) is 54.9 Å². The second-order valence-electron chi connectivity index (χ2n) is 5.17. The van der Waals surface area contributed by atoms with Crippen LogP contribution in [0.25, 0.3) is 0 Å². The number of rotatable bonds is 5. The molecule has 0 fully saturated rings. The van der Waals surface area contributed by atoms with Crippen molar-refractivity contribution in [3.8, 4) is 11.5 Å². The van der Waals surface area contributed by atoms with E-state index < -0.39 is 0 Å². The number of hydrazone groups is 1. The first-order valence-electron chi connectivity index (χ1n) is 7.44. The summed E-state index contributed by atoms with van der Waals surface area (Å²) < 4.78 is 10.6. The van der Waals surface area contributed by atoms with Crippen LogP contribution in [0.4, 0.5) is 5.69 Å². The van der Waals surface area contributed by atoms with E-state index >= 15 is 0 Å². The maximum Gasteiger partial charge on any atom is 0.191 e. The molecule has 2 rings (SSSR count). The van der Waals surface area contributed by atoms with Crippen molar-refractivity contribution in [3.05, 3.63) is 53.1 Å². The van der Waals surface area contributed by atoms with Gasteiger partial charge in [0.05, 0.1) is 20.4 Å². The molecule has 0 aliphatic heterocycles. The second-order valence-corrected chi connectivity index (χ2v) is 5.58. The number of para-hydroxylation sites is 2. The van der Waals surface area contributed by atoms with Crippen molar-refractivity contribution in [2.75, 3.05) is 19.5 Å². The normalized spacial score (nSPS) is 10.5. The third-order valence-corrected chi connectivity index (χ3v) is 3.72. The molecule has 0 radical (unpaired) electrons. The number of hydrogen-bond acceptors (Lipinski definition) is 4. The lowest BCUT2D eigenvalue weighted by molar-refractivity contribution is 0.354. The fourth-order valence-corrected chi connectivity index (χ4v) is 2.48. The minimum atomic E-state index is 0.422. The molecule has 0 unspecified atom stereocenters. The minimum absolute atomic E-state index is 0.422. The molecule has 0 spiro atoms. The Morgan fingerprint density at radius 1 is 1.04 bits per heavy atom. The van der Waals surface area contributed by atoms with E-state index in [9.17, 15) is 0 Å². The molecule has 6 heteroatoms. The third kappa shape index (κ3) is 4.23. The predicted octanol–water partition coefficient (Wildman–Crippen LogP) is 3.64. The molecular weight excluding hydrogens is 322 g/mol. The van der Waals surface area contributed by atoms with E-state index in [2.05, 4.69) is 15.8 Å². The summed E-state index contributed by atoms with van der Waals surface area (Å²) in [6.07, 6.45) is 1.64. The Bertz CT molecular complexity index is 740. The summed E-state index contributed by atoms with van der Waals surface area (Å²) in [5.41, 5.74) is 6.84. The quantitative estimate of drug-likeness (QED) is 0.493. The number of methoxy groups -OCH3 is 2. The molecule has 0 bridgehead atoms. The first-order chi connectivity index (χ1) is 11.6. The molecular formula is C18H21N3O2S. The van der Waals surface area contributed by atoms with Crippen LogP contribution in [0.2, 0.25) is 0 Å². The Morgan fingerprint density at radius 2 is 1.71 bits per heavy atom. The second kappa shape index (κ2) is 8.31. The van der Waals surface area contributed by atoms with E-state index in [0.29, 0.717) is 16.6 Å². The van der Waals surface area contributed by atoms with Crippen LogP contribution in [-0.4, -0.2) is 25.5 Å². The Balaban J connectivity index is 2.05. The first-order valence-corrected chi connectivity index (χ1v) is 7.85. The summed E-state index contributed by atoms with van der Waals surface area (Å²) in [6, 6.07) is 11.7. The van der Waals surface area contributed by atoms with Crippen LogP contribution in [0.15, 0.2) is 41.5 Å². The van der Waals surface area contributed by atoms with Crippen LogP contribution in [0.5, 0.6) is 11.5 Å². The van der Waals surface area contributed by atoms with Gasteiger partial charge in [-0.1, -0.05) is 24.3 Å². The van der Waals surface area contributed by atoms with Gasteiger partial charge in [0.1, 0.15) is 0 Å². The molecule has 5 nitrogen and oxygen atoms in total. The molecule has 2 aromatic rings. The molecule has 0 aliphatic rings. The van der Waals surface area contributed by atoms with Crippen molar-refractivity contribution in [3.63, 3.8) is 0 Å². The van der Waals surface area contributed by atoms with Gasteiger partial charge in [-0.2, -0.15) is 5.10 Å². The van der Waals surface area contributed by atoms with Gasteiger partial charge in [0.25, 0.3) is 0 Å². The number of nitrogens with one attached hydrogen (secondary N) is 2. The highest BCUT2D eigenvalue weighted by molar-refractivity contribution is 7.80. The Hall–Kier alpha value is -2.60. The van der Waals surface area contributed by atoms with Crippen LogP contribution < -0.4 is 20.2 Å². The smallest absolute Gasteiger partial charge is 0.191 e. The van der Waals surface area contributed by atoms with Gasteiger partial charge >= 0.3 is 0 Å². The summed E-state index contributed by atoms with van der Waals surface area (Å²) >= 11 is 5.29. The molecule has 0 atom stereocenters. The van der Waals surface area contributed by atoms with Gasteiger partial charge in [-0.25, -0.2) is 0 Å². The van der Waals surface area contributed by atoms with E-state index in [4.69, 9.17) is 21.7 Å². The number of ether oxygens (including phenoxy) is 2. The highest BCUT2D eigenvalue weighted by atomic mass is 32.1. The molecule has 24 heavy (non-hydrogen) atoms. The van der Waals surface area contributed by atoms with Crippen molar-refractivity contribution < 1.29 is 9.47 Å². The number of benzene rings is 2. The number of anilines is 1. The van der Waals surface area contributed by atoms with Gasteiger partial charge in [0.2, 0.25) is 0 Å². The van der Waals surface area contributed by atoms with Gasteiger partial charge in [-0.05, 0) is 49.3 Å². The standard InChI is InChI=1S/C18H21N3O2S/c1-12-7-5-8-13(2)16(12)20-18(24)21-19-11-14-9-6-10-15(22-3)17(14)23-4/h5-11H,1-4H3,(H2,20,21,24)/b19-11+. The van der Waals surface area contributed by atoms with Gasteiger partial charge < -0.3 is 14.8 Å². The largest absolute Gasteiger partial charge is 0.493 e. The van der Waals surface area contributed by atoms with Crippen molar-refractivity contribution >= 4 is 29.2 Å². The van der Waals surface area contributed by atoms with Crippen molar-refractivity contribution in [1.29, 1.82) is 0 Å². The predicted molar refractivity (Wildman–Crippen MR) is 102 cm³/mol. The van der Waals surface area contributed by atoms with Crippen molar-refractivity contribution in [2.45, 2.75) is 13.8 Å². The average Bonchev–Trinajstić information content (AvgIpc) is 2.58. The zero-order chi connectivity index (χ0) is 17.5. The Kier molecular flexibility index (Phi) is 6.14. The maximum absolute atomic E-state index is 5.36. The highest BCUT2D eigenvalue weighted by Gasteiger charge is 2.07. The van der Waals surface area contributed by atoms with E-state index in [-0.39, 0.29) is 0 Å². The zero-order valence-electron chi connectivity index (χ0n) is 14.2. The molecule has 0 aromatic heterocycles. The van der Waals surface area contributed by atoms with E-state index in [1.165, 1.54) is 0 Å². The minimum Gasteiger partial charge on any atom is -0.493 e. The summed E-state index contributed by atoms with van der Waals surface area (Å²) in [6.45, 7) is 4.06. The third-order valence-electron chi connectivity index (χ3n) is 3.52. The molecule has 0 saturated carbocycles. The summed E-state index contributed by atoms with van der Waals surface area (Å²) in [7, 11) is 3.19. The Labute approximate surface area is 147 Å². The monoisotopic (exact) mass is 343 g/mol. The average molecular weight is 343 g/mol. The van der Waals surface area contributed by atoms with Crippen LogP contribution in [-0.2, 0) is 0 Å². The van der Waals surface area contributed by atoms with Crippen molar-refractivity contribution in [2.24, 2.45) is 5.10 Å². The van der Waals surface area contributed by atoms with Crippen LogP contribution in [0.3, 0.4) is 0 Å². The maximum atomic E-state index is 5.36. The first kappa shape index (κ1) is 17.7. The van der Waals surface area contributed by atoms with E-state index in [0.717, 1.165) is 22.4 Å². The lowest BCUT2D eigenvalue weighted by atomic mass is 10.1. The molecule has 0 amide bonds. The van der Waals surface area contributed by atoms with Gasteiger partial charge in [0, 0.05) is 11.3 Å². The van der Waals surface area contributed by atoms with Gasteiger partial charge in [-0.15, -0.1) is 0 Å². The van der Waals surface area contributed by atoms with E-state index in [1.54, 1.807) is 20.4 Å². The summed E-state index contributed by atoms with van der Waals surface area (Å²) in [5, 5.41) is 7.76. The lowest BCUT2D eigenvalue weighted by Gasteiger charge is -2.13. The summed E-state index contributed by atoms with van der Waals surface area (Å²) in [5.74, 6) is 1.27. The van der Waals surface area contributed by atoms with Crippen molar-refractivity contribution in [1.82, 2.24) is 5.43 Å². The number of hydrogen-bond donors (Lipinski definition) is 2. The SMILES string of the molecule is COc1cccc(/C=N/NC(=S)Nc2c(C)cccc2C)c1OC. The number of thiocarbonyl (C=S) groups is 1. The lowest BCUT2D eigenvalue weighted by Crippen LogP contribution is -2.24. The molecule has 0 saturated heterocycles. The summed E-state index contributed by atoms with van der Waals surface area (Å²) in [4.78, 5) is 0. The van der Waals surface area contributed by atoms with Crippen LogP contribution >= 0.6 is 12.2 Å². The molecule has 126 valence electrons. The highest BCUT2D eigenvalue weighted by Crippen LogP contribution is 2.29. The zero-order valence-corrected chi connectivity index (χ0v) is 15.0. The fraction of sp³-hybridized carbons (Fsp3) is 0.222. The van der Waals surface area contributed by atoms with Crippen LogP contribution in [0.1, 0.15) is 16.7 Å². The molecule has 0 aliphatic carbocycles. The molecule has 0 heterocycles. The molecule has 2 N–H and O–H groups in total. The van der Waals surface area contributed by atoms with Gasteiger partial charge in [-0.3, -0.25) is 5.43 Å².